The molecule has 21 heavy (non-hydrogen) atoms. The van der Waals surface area contributed by atoms with Gasteiger partial charge >= 0.3 is 5.97 Å². The number of carboxylic acids is 1. The number of halogens is 1. The second-order valence-corrected chi connectivity index (χ2v) is 6.71. The molecule has 0 unspecified atom stereocenters. The number of hydrogen-bond acceptors (Lipinski definition) is 4. The van der Waals surface area contributed by atoms with Crippen molar-refractivity contribution in [2.75, 3.05) is 4.72 Å². The lowest BCUT2D eigenvalue weighted by molar-refractivity contribution is -0.136. The van der Waals surface area contributed by atoms with Crippen LogP contribution in [0.1, 0.15) is 5.56 Å². The Balaban J connectivity index is 2.24. The van der Waals surface area contributed by atoms with E-state index in [4.69, 9.17) is 5.11 Å². The van der Waals surface area contributed by atoms with Crippen molar-refractivity contribution in [1.82, 2.24) is 4.98 Å². The van der Waals surface area contributed by atoms with Gasteiger partial charge in [-0.15, -0.1) is 0 Å². The first-order valence-corrected chi connectivity index (χ1v) is 8.09. The van der Waals surface area contributed by atoms with Crippen molar-refractivity contribution in [3.8, 4) is 0 Å². The van der Waals surface area contributed by atoms with E-state index in [0.29, 0.717) is 15.7 Å². The Morgan fingerprint density at radius 2 is 1.90 bits per heavy atom. The number of aromatic nitrogens is 1. The van der Waals surface area contributed by atoms with Gasteiger partial charge in [-0.2, -0.15) is 0 Å². The van der Waals surface area contributed by atoms with Crippen molar-refractivity contribution >= 4 is 37.6 Å². The number of carbonyl (C=O) groups is 1. The Hall–Kier alpha value is -1.93. The van der Waals surface area contributed by atoms with Gasteiger partial charge in [0.25, 0.3) is 10.0 Å². The standard InChI is InChI=1S/C13H11BrN2O4S/c14-11-8-15-6-5-12(11)16-21(19,20)10-3-1-9(2-4-10)7-13(17)18/h1-6,8H,7H2,(H,15,16)(H,17,18). The Bertz CT molecular complexity index is 760. The van der Waals surface area contributed by atoms with Gasteiger partial charge in [0.1, 0.15) is 0 Å². The van der Waals surface area contributed by atoms with Crippen LogP contribution in [0.25, 0.3) is 0 Å². The average Bonchev–Trinajstić information content (AvgIpc) is 2.41. The minimum Gasteiger partial charge on any atom is -0.481 e. The second kappa shape index (κ2) is 6.23. The normalized spacial score (nSPS) is 11.1. The molecule has 2 aromatic rings. The zero-order valence-electron chi connectivity index (χ0n) is 10.7. The van der Waals surface area contributed by atoms with Gasteiger partial charge in [-0.25, -0.2) is 8.42 Å². The van der Waals surface area contributed by atoms with Crippen LogP contribution in [0.5, 0.6) is 0 Å². The minimum atomic E-state index is -3.74. The first kappa shape index (κ1) is 15.5. The molecular weight excluding hydrogens is 360 g/mol. The highest BCUT2D eigenvalue weighted by Crippen LogP contribution is 2.23. The van der Waals surface area contributed by atoms with E-state index in [-0.39, 0.29) is 11.3 Å². The van der Waals surface area contributed by atoms with Crippen LogP contribution in [0.4, 0.5) is 5.69 Å². The van der Waals surface area contributed by atoms with Crippen molar-refractivity contribution in [2.24, 2.45) is 0 Å². The summed E-state index contributed by atoms with van der Waals surface area (Å²) < 4.78 is 27.4. The molecule has 0 saturated heterocycles. The van der Waals surface area contributed by atoms with Crippen molar-refractivity contribution in [3.63, 3.8) is 0 Å². The molecule has 2 rings (SSSR count). The number of anilines is 1. The number of aliphatic carboxylic acids is 1. The van der Waals surface area contributed by atoms with E-state index in [2.05, 4.69) is 25.6 Å². The highest BCUT2D eigenvalue weighted by Gasteiger charge is 2.15. The molecule has 6 nitrogen and oxygen atoms in total. The number of sulfonamides is 1. The third-order valence-corrected chi connectivity index (χ3v) is 4.62. The number of rotatable bonds is 5. The molecule has 0 amide bonds. The summed E-state index contributed by atoms with van der Waals surface area (Å²) >= 11 is 3.21. The number of carboxylic acid groups (broad SMARTS) is 1. The van der Waals surface area contributed by atoms with Gasteiger partial charge in [0.15, 0.2) is 0 Å². The number of nitrogens with one attached hydrogen (secondary N) is 1. The molecule has 0 bridgehead atoms. The predicted octanol–water partition coefficient (Wildman–Crippen LogP) is 2.27. The van der Waals surface area contributed by atoms with Crippen LogP contribution in [-0.4, -0.2) is 24.5 Å². The highest BCUT2D eigenvalue weighted by atomic mass is 79.9. The van der Waals surface area contributed by atoms with Gasteiger partial charge < -0.3 is 5.11 Å². The predicted molar refractivity (Wildman–Crippen MR) is 80.5 cm³/mol. The highest BCUT2D eigenvalue weighted by molar-refractivity contribution is 9.10. The zero-order chi connectivity index (χ0) is 15.5. The molecule has 0 fully saturated rings. The molecule has 8 heteroatoms. The third-order valence-electron chi connectivity index (χ3n) is 2.61. The fourth-order valence-electron chi connectivity index (χ4n) is 1.62. The monoisotopic (exact) mass is 370 g/mol. The summed E-state index contributed by atoms with van der Waals surface area (Å²) in [6.45, 7) is 0. The van der Waals surface area contributed by atoms with E-state index in [1.54, 1.807) is 0 Å². The smallest absolute Gasteiger partial charge is 0.307 e. The summed E-state index contributed by atoms with van der Waals surface area (Å²) in [5.74, 6) is -0.968. The van der Waals surface area contributed by atoms with Crippen LogP contribution in [0.2, 0.25) is 0 Å². The molecule has 1 aromatic heterocycles. The number of nitrogens with zero attached hydrogens (tertiary/aromatic N) is 1. The fraction of sp³-hybridized carbons (Fsp3) is 0.0769. The molecule has 0 spiro atoms. The van der Waals surface area contributed by atoms with Crippen LogP contribution in [-0.2, 0) is 21.2 Å². The van der Waals surface area contributed by atoms with Crippen LogP contribution >= 0.6 is 15.9 Å². The molecule has 2 N–H and O–H groups in total. The van der Waals surface area contributed by atoms with Gasteiger partial charge in [-0.1, -0.05) is 12.1 Å². The Morgan fingerprint density at radius 1 is 1.24 bits per heavy atom. The van der Waals surface area contributed by atoms with E-state index in [1.807, 2.05) is 0 Å². The van der Waals surface area contributed by atoms with E-state index < -0.39 is 16.0 Å². The summed E-state index contributed by atoms with van der Waals surface area (Å²) in [7, 11) is -3.74. The van der Waals surface area contributed by atoms with Crippen LogP contribution in [0, 0.1) is 0 Å². The van der Waals surface area contributed by atoms with Crippen molar-refractivity contribution in [1.29, 1.82) is 0 Å². The molecule has 1 aromatic carbocycles. The number of pyridine rings is 1. The van der Waals surface area contributed by atoms with E-state index in [1.165, 1.54) is 42.7 Å². The van der Waals surface area contributed by atoms with Gasteiger partial charge in [0.2, 0.25) is 0 Å². The maximum atomic E-state index is 12.2. The summed E-state index contributed by atoms with van der Waals surface area (Å²) in [6.07, 6.45) is 2.80. The van der Waals surface area contributed by atoms with Crippen molar-refractivity contribution < 1.29 is 18.3 Å². The molecule has 0 radical (unpaired) electrons. The van der Waals surface area contributed by atoms with Gasteiger partial charge in [-0.3, -0.25) is 14.5 Å². The minimum absolute atomic E-state index is 0.0559. The molecule has 0 atom stereocenters. The van der Waals surface area contributed by atoms with E-state index in [9.17, 15) is 13.2 Å². The molecule has 0 aliphatic carbocycles. The van der Waals surface area contributed by atoms with Gasteiger partial charge in [-0.05, 0) is 39.7 Å². The maximum absolute atomic E-state index is 12.2. The Kier molecular flexibility index (Phi) is 4.59. The average molecular weight is 371 g/mol. The van der Waals surface area contributed by atoms with E-state index in [0.717, 1.165) is 0 Å². The maximum Gasteiger partial charge on any atom is 0.307 e. The van der Waals surface area contributed by atoms with Crippen molar-refractivity contribution in [3.05, 3.63) is 52.8 Å². The summed E-state index contributed by atoms with van der Waals surface area (Å²) in [5.41, 5.74) is 0.908. The SMILES string of the molecule is O=C(O)Cc1ccc(S(=O)(=O)Nc2ccncc2Br)cc1. The Morgan fingerprint density at radius 3 is 2.48 bits per heavy atom. The lowest BCUT2D eigenvalue weighted by atomic mass is 10.2. The van der Waals surface area contributed by atoms with E-state index >= 15 is 0 Å². The van der Waals surface area contributed by atoms with Gasteiger partial charge in [0, 0.05) is 12.4 Å². The largest absolute Gasteiger partial charge is 0.481 e. The molecule has 0 aliphatic heterocycles. The van der Waals surface area contributed by atoms with Crippen LogP contribution < -0.4 is 4.72 Å². The lowest BCUT2D eigenvalue weighted by Gasteiger charge is -2.09. The van der Waals surface area contributed by atoms with Crippen LogP contribution in [0.15, 0.2) is 52.1 Å². The quantitative estimate of drug-likeness (QED) is 0.841. The molecule has 0 saturated carbocycles. The summed E-state index contributed by atoms with van der Waals surface area (Å²) in [5, 5.41) is 8.68. The molecule has 0 aliphatic rings. The third kappa shape index (κ3) is 4.02. The van der Waals surface area contributed by atoms with Crippen molar-refractivity contribution in [2.45, 2.75) is 11.3 Å². The molecule has 1 heterocycles. The summed E-state index contributed by atoms with van der Waals surface area (Å²) in [4.78, 5) is 14.5. The lowest BCUT2D eigenvalue weighted by Crippen LogP contribution is -2.13. The molecular formula is C13H11BrN2O4S. The Labute approximate surface area is 130 Å². The topological polar surface area (TPSA) is 96.4 Å². The molecule has 110 valence electrons. The second-order valence-electron chi connectivity index (χ2n) is 4.18. The first-order chi connectivity index (χ1) is 9.88. The number of benzene rings is 1. The van der Waals surface area contributed by atoms with Gasteiger partial charge in [0.05, 0.1) is 21.5 Å². The van der Waals surface area contributed by atoms with Crippen LogP contribution in [0.3, 0.4) is 0 Å². The zero-order valence-corrected chi connectivity index (χ0v) is 13.1. The first-order valence-electron chi connectivity index (χ1n) is 5.81. The number of hydrogen-bond donors (Lipinski definition) is 2. The fourth-order valence-corrected chi connectivity index (χ4v) is 3.18. The summed E-state index contributed by atoms with van der Waals surface area (Å²) in [6, 6.07) is 7.22.